The van der Waals surface area contributed by atoms with Crippen LogP contribution in [0, 0.1) is 5.92 Å². The van der Waals surface area contributed by atoms with Crippen molar-refractivity contribution in [2.24, 2.45) is 5.92 Å². The monoisotopic (exact) mass is 461 g/mol. The fourth-order valence-electron chi connectivity index (χ4n) is 3.74. The first-order valence-corrected chi connectivity index (χ1v) is 13.1. The number of nitrogens with zero attached hydrogens (tertiary/aromatic N) is 1. The van der Waals surface area contributed by atoms with Crippen LogP contribution in [0.25, 0.3) is 0 Å². The summed E-state index contributed by atoms with van der Waals surface area (Å²) >= 11 is 1.42. The van der Waals surface area contributed by atoms with Crippen molar-refractivity contribution < 1.29 is 23.1 Å². The van der Waals surface area contributed by atoms with E-state index in [1.54, 1.807) is 0 Å². The van der Waals surface area contributed by atoms with Gasteiger partial charge in [-0.2, -0.15) is 0 Å². The molecule has 8 heteroatoms. The van der Waals surface area contributed by atoms with Gasteiger partial charge in [-0.15, -0.1) is 11.8 Å². The maximum Gasteiger partial charge on any atom is 0.331 e. The zero-order chi connectivity index (χ0) is 22.4. The van der Waals surface area contributed by atoms with Crippen molar-refractivity contribution in [2.75, 3.05) is 23.5 Å². The molecule has 1 heterocycles. The van der Waals surface area contributed by atoms with Crippen LogP contribution in [0.4, 0.5) is 11.4 Å². The summed E-state index contributed by atoms with van der Waals surface area (Å²) in [6.45, 7) is 2.72. The Labute approximate surface area is 187 Å². The fraction of sp³-hybridized carbons (Fsp3) is 0.348. The van der Waals surface area contributed by atoms with Crippen molar-refractivity contribution in [3.8, 4) is 5.75 Å². The number of ether oxygens (including phenoxy) is 1. The van der Waals surface area contributed by atoms with Crippen LogP contribution in [0.2, 0.25) is 0 Å². The molecule has 2 aromatic rings. The largest absolute Gasteiger partial charge is 0.478 e. The van der Waals surface area contributed by atoms with Crippen LogP contribution >= 0.6 is 11.8 Å². The lowest BCUT2D eigenvalue weighted by atomic mass is 10.0. The molecular formula is C23H27NO5S2. The van der Waals surface area contributed by atoms with E-state index in [4.69, 9.17) is 9.84 Å². The number of aliphatic carboxylic acids is 1. The predicted molar refractivity (Wildman–Crippen MR) is 124 cm³/mol. The lowest BCUT2D eigenvalue weighted by Gasteiger charge is -2.28. The zero-order valence-electron chi connectivity index (χ0n) is 17.7. The Hall–Kier alpha value is -2.45. The second-order valence-corrected chi connectivity index (χ2v) is 10.3. The van der Waals surface area contributed by atoms with Gasteiger partial charge in [0, 0.05) is 18.3 Å². The van der Waals surface area contributed by atoms with Crippen molar-refractivity contribution in [1.29, 1.82) is 0 Å². The number of thioether (sulfide) groups is 1. The Bertz CT molecular complexity index is 1050. The average Bonchev–Trinajstić information content (AvgIpc) is 2.85. The number of rotatable bonds is 8. The normalized spacial score (nSPS) is 17.9. The number of anilines is 2. The van der Waals surface area contributed by atoms with Crippen LogP contribution < -0.4 is 9.64 Å². The van der Waals surface area contributed by atoms with Crippen LogP contribution in [-0.2, 0) is 14.6 Å². The molecule has 0 spiro atoms. The molecule has 1 aliphatic rings. The van der Waals surface area contributed by atoms with E-state index in [9.17, 15) is 13.2 Å². The molecule has 0 aliphatic carbocycles. The van der Waals surface area contributed by atoms with E-state index < -0.39 is 15.8 Å². The number of carboxylic acid groups (broad SMARTS) is 1. The van der Waals surface area contributed by atoms with E-state index in [1.807, 2.05) is 42.7 Å². The van der Waals surface area contributed by atoms with E-state index in [0.717, 1.165) is 42.2 Å². The Morgan fingerprint density at radius 2 is 2.03 bits per heavy atom. The standard InChI is InChI=1S/C23H27NO5S2/c1-3-4-8-17-15-24(18-9-6-5-7-10-18)19-13-21(30-2)20(29-12-11-23(25)26)14-22(19)31(27,28)16-17/h5-7,9-14,17H,3-4,8,15-16H2,1-2H3,(H,25,26)/b12-11+/t17-/m0/s1. The SMILES string of the molecule is CCCC[C@H]1CN(c2ccccc2)c2cc(SC)c(O/C=C/C(=O)O)cc2S(=O)(=O)C1. The molecule has 31 heavy (non-hydrogen) atoms. The van der Waals surface area contributed by atoms with E-state index >= 15 is 0 Å². The molecule has 0 unspecified atom stereocenters. The van der Waals surface area contributed by atoms with Gasteiger partial charge in [0.1, 0.15) is 5.75 Å². The molecule has 0 saturated carbocycles. The van der Waals surface area contributed by atoms with Crippen LogP contribution in [0.5, 0.6) is 5.75 Å². The predicted octanol–water partition coefficient (Wildman–Crippen LogP) is 5.12. The Kier molecular flexibility index (Phi) is 7.67. The lowest BCUT2D eigenvalue weighted by molar-refractivity contribution is -0.131. The average molecular weight is 462 g/mol. The highest BCUT2D eigenvalue weighted by atomic mass is 32.2. The Morgan fingerprint density at radius 3 is 2.68 bits per heavy atom. The Balaban J connectivity index is 2.14. The minimum atomic E-state index is -3.56. The van der Waals surface area contributed by atoms with E-state index in [-0.39, 0.29) is 16.6 Å². The molecule has 1 aliphatic heterocycles. The van der Waals surface area contributed by atoms with E-state index in [1.165, 1.54) is 17.8 Å². The molecule has 3 rings (SSSR count). The summed E-state index contributed by atoms with van der Waals surface area (Å²) in [6.07, 6.45) is 6.64. The third-order valence-electron chi connectivity index (χ3n) is 5.21. The molecule has 1 atom stereocenters. The van der Waals surface area contributed by atoms with Gasteiger partial charge in [0.05, 0.1) is 33.6 Å². The number of carboxylic acids is 1. The van der Waals surface area contributed by atoms with Crippen LogP contribution in [0.1, 0.15) is 26.2 Å². The van der Waals surface area contributed by atoms with Crippen LogP contribution in [-0.4, -0.2) is 38.0 Å². The number of hydrogen-bond acceptors (Lipinski definition) is 6. The summed E-state index contributed by atoms with van der Waals surface area (Å²) in [4.78, 5) is 13.8. The summed E-state index contributed by atoms with van der Waals surface area (Å²) in [6, 6.07) is 13.1. The minimum Gasteiger partial charge on any atom is -0.478 e. The number of hydrogen-bond donors (Lipinski definition) is 1. The van der Waals surface area contributed by atoms with Gasteiger partial charge < -0.3 is 14.7 Å². The maximum atomic E-state index is 13.4. The topological polar surface area (TPSA) is 83.9 Å². The fourth-order valence-corrected chi connectivity index (χ4v) is 6.12. The number of unbranched alkanes of at least 4 members (excludes halogenated alkanes) is 1. The first kappa shape index (κ1) is 23.2. The van der Waals surface area contributed by atoms with Crippen LogP contribution in [0.3, 0.4) is 0 Å². The number of benzene rings is 2. The summed E-state index contributed by atoms with van der Waals surface area (Å²) in [5.41, 5.74) is 1.57. The number of sulfone groups is 1. The highest BCUT2D eigenvalue weighted by molar-refractivity contribution is 7.98. The van der Waals surface area contributed by atoms with Gasteiger partial charge in [0.25, 0.3) is 0 Å². The Morgan fingerprint density at radius 1 is 1.29 bits per heavy atom. The molecule has 0 bridgehead atoms. The lowest BCUT2D eigenvalue weighted by Crippen LogP contribution is -2.26. The molecule has 6 nitrogen and oxygen atoms in total. The van der Waals surface area contributed by atoms with Crippen molar-refractivity contribution >= 4 is 38.9 Å². The van der Waals surface area contributed by atoms with Crippen molar-refractivity contribution in [2.45, 2.75) is 36.0 Å². The molecule has 166 valence electrons. The van der Waals surface area contributed by atoms with Gasteiger partial charge >= 0.3 is 5.97 Å². The second-order valence-electron chi connectivity index (χ2n) is 7.47. The summed E-state index contributed by atoms with van der Waals surface area (Å²) in [5, 5.41) is 8.82. The molecule has 0 aromatic heterocycles. The van der Waals surface area contributed by atoms with Crippen molar-refractivity contribution in [3.05, 3.63) is 54.8 Å². The summed E-state index contributed by atoms with van der Waals surface area (Å²) < 4.78 is 32.3. The first-order chi connectivity index (χ1) is 14.9. The summed E-state index contributed by atoms with van der Waals surface area (Å²) in [7, 11) is -3.56. The first-order valence-electron chi connectivity index (χ1n) is 10.2. The molecule has 0 fully saturated rings. The quantitative estimate of drug-likeness (QED) is 0.332. The van der Waals surface area contributed by atoms with E-state index in [2.05, 4.69) is 11.8 Å². The molecule has 1 N–H and O–H groups in total. The number of fused-ring (bicyclic) bond motifs is 1. The van der Waals surface area contributed by atoms with Gasteiger partial charge in [-0.3, -0.25) is 0 Å². The zero-order valence-corrected chi connectivity index (χ0v) is 19.3. The number of para-hydroxylation sites is 1. The minimum absolute atomic E-state index is 0.00607. The van der Waals surface area contributed by atoms with E-state index in [0.29, 0.717) is 18.0 Å². The maximum absolute atomic E-state index is 13.4. The molecular weight excluding hydrogens is 434 g/mol. The van der Waals surface area contributed by atoms with Gasteiger partial charge in [0.15, 0.2) is 9.84 Å². The van der Waals surface area contributed by atoms with Gasteiger partial charge in [-0.25, -0.2) is 13.2 Å². The van der Waals surface area contributed by atoms with Gasteiger partial charge in [0.2, 0.25) is 0 Å². The van der Waals surface area contributed by atoms with Crippen molar-refractivity contribution in [3.63, 3.8) is 0 Å². The molecule has 0 radical (unpaired) electrons. The second kappa shape index (κ2) is 10.2. The smallest absolute Gasteiger partial charge is 0.331 e. The summed E-state index contributed by atoms with van der Waals surface area (Å²) in [5.74, 6) is -0.729. The third kappa shape index (κ3) is 5.62. The van der Waals surface area contributed by atoms with Gasteiger partial charge in [-0.05, 0) is 36.8 Å². The molecule has 0 amide bonds. The van der Waals surface area contributed by atoms with Crippen LogP contribution in [0.15, 0.2) is 64.6 Å². The number of carbonyl (C=O) groups is 1. The highest BCUT2D eigenvalue weighted by Crippen LogP contribution is 2.43. The van der Waals surface area contributed by atoms with Gasteiger partial charge in [-0.1, -0.05) is 38.0 Å². The molecule has 2 aromatic carbocycles. The molecule has 0 saturated heterocycles. The van der Waals surface area contributed by atoms with Crippen molar-refractivity contribution in [1.82, 2.24) is 0 Å². The highest BCUT2D eigenvalue weighted by Gasteiger charge is 2.33. The third-order valence-corrected chi connectivity index (χ3v) is 7.87.